The van der Waals surface area contributed by atoms with Gasteiger partial charge in [0.1, 0.15) is 17.2 Å². The lowest BCUT2D eigenvalue weighted by molar-refractivity contribution is -0.114. The molecule has 7 nitrogen and oxygen atoms in total. The topological polar surface area (TPSA) is 90.1 Å². The maximum absolute atomic E-state index is 13.5. The van der Waals surface area contributed by atoms with Crippen LogP contribution in [-0.4, -0.2) is 29.7 Å². The standard InChI is InChI=1S/C24H22N2O5S/c1-13-21(14(2)27)22(18-9-8-17(30-3)12-19(18)31-4)26-23(29)20(32-24(26)25-13)11-15-6-5-7-16(28)10-15/h5-12,22,28H,1-4H3. The van der Waals surface area contributed by atoms with Crippen LogP contribution in [0.1, 0.15) is 31.0 Å². The van der Waals surface area contributed by atoms with Crippen LogP contribution >= 0.6 is 11.3 Å². The number of nitrogens with zero attached hydrogens (tertiary/aromatic N) is 2. The van der Waals surface area contributed by atoms with E-state index < -0.39 is 6.04 Å². The van der Waals surface area contributed by atoms with E-state index in [0.29, 0.717) is 43.2 Å². The van der Waals surface area contributed by atoms with E-state index in [-0.39, 0.29) is 17.1 Å². The summed E-state index contributed by atoms with van der Waals surface area (Å²) in [7, 11) is 3.10. The van der Waals surface area contributed by atoms with Crippen molar-refractivity contribution in [3.05, 3.63) is 84.5 Å². The highest BCUT2D eigenvalue weighted by molar-refractivity contribution is 7.07. The average molecular weight is 451 g/mol. The van der Waals surface area contributed by atoms with Gasteiger partial charge in [-0.1, -0.05) is 23.5 Å². The van der Waals surface area contributed by atoms with Gasteiger partial charge < -0.3 is 14.6 Å². The van der Waals surface area contributed by atoms with Crippen LogP contribution in [0.2, 0.25) is 0 Å². The number of hydrogen-bond acceptors (Lipinski definition) is 7. The quantitative estimate of drug-likeness (QED) is 0.645. The molecule has 0 spiro atoms. The minimum atomic E-state index is -0.684. The molecule has 0 radical (unpaired) electrons. The second-order valence-electron chi connectivity index (χ2n) is 7.34. The van der Waals surface area contributed by atoms with Crippen LogP contribution in [-0.2, 0) is 4.79 Å². The second-order valence-corrected chi connectivity index (χ2v) is 8.35. The molecule has 8 heteroatoms. The molecule has 1 N–H and O–H groups in total. The van der Waals surface area contributed by atoms with Crippen molar-refractivity contribution in [2.45, 2.75) is 19.9 Å². The molecule has 164 valence electrons. The zero-order valence-electron chi connectivity index (χ0n) is 18.1. The number of allylic oxidation sites excluding steroid dienone is 2. The predicted octanol–water partition coefficient (Wildman–Crippen LogP) is 2.55. The first-order valence-electron chi connectivity index (χ1n) is 9.88. The van der Waals surface area contributed by atoms with E-state index in [1.54, 1.807) is 62.6 Å². The van der Waals surface area contributed by atoms with Crippen LogP contribution in [0.3, 0.4) is 0 Å². The van der Waals surface area contributed by atoms with E-state index in [1.165, 1.54) is 29.9 Å². The third-order valence-corrected chi connectivity index (χ3v) is 6.29. The van der Waals surface area contributed by atoms with Gasteiger partial charge in [0.15, 0.2) is 10.6 Å². The Labute approximate surface area is 188 Å². The first kappa shape index (κ1) is 21.6. The van der Waals surface area contributed by atoms with Crippen molar-refractivity contribution in [1.82, 2.24) is 4.57 Å². The predicted molar refractivity (Wildman–Crippen MR) is 122 cm³/mol. The van der Waals surface area contributed by atoms with Crippen LogP contribution < -0.4 is 24.4 Å². The van der Waals surface area contributed by atoms with Crippen molar-refractivity contribution in [1.29, 1.82) is 0 Å². The van der Waals surface area contributed by atoms with Gasteiger partial charge in [-0.3, -0.25) is 14.2 Å². The molecule has 1 unspecified atom stereocenters. The fourth-order valence-corrected chi connectivity index (χ4v) is 4.92. The third kappa shape index (κ3) is 3.73. The van der Waals surface area contributed by atoms with Gasteiger partial charge in [0.25, 0.3) is 5.56 Å². The van der Waals surface area contributed by atoms with E-state index in [2.05, 4.69) is 4.99 Å². The Kier molecular flexibility index (Phi) is 5.71. The van der Waals surface area contributed by atoms with Gasteiger partial charge in [0.2, 0.25) is 0 Å². The van der Waals surface area contributed by atoms with Gasteiger partial charge in [-0.2, -0.15) is 0 Å². The van der Waals surface area contributed by atoms with Crippen molar-refractivity contribution >= 4 is 23.2 Å². The lowest BCUT2D eigenvalue weighted by Crippen LogP contribution is -2.39. The molecule has 2 heterocycles. The van der Waals surface area contributed by atoms with E-state index in [9.17, 15) is 14.7 Å². The maximum atomic E-state index is 13.5. The summed E-state index contributed by atoms with van der Waals surface area (Å²) < 4.78 is 12.9. The van der Waals surface area contributed by atoms with Crippen LogP contribution in [0.15, 0.2) is 63.5 Å². The smallest absolute Gasteiger partial charge is 0.271 e. The lowest BCUT2D eigenvalue weighted by atomic mass is 9.92. The number of fused-ring (bicyclic) bond motifs is 1. The van der Waals surface area contributed by atoms with E-state index in [1.807, 2.05) is 0 Å². The maximum Gasteiger partial charge on any atom is 0.271 e. The van der Waals surface area contributed by atoms with Gasteiger partial charge in [-0.15, -0.1) is 0 Å². The molecule has 1 atom stereocenters. The molecular weight excluding hydrogens is 428 g/mol. The van der Waals surface area contributed by atoms with Crippen LogP contribution in [0.25, 0.3) is 6.08 Å². The summed E-state index contributed by atoms with van der Waals surface area (Å²) in [5, 5.41) is 9.76. The Morgan fingerprint density at radius 3 is 2.62 bits per heavy atom. The Morgan fingerprint density at radius 1 is 1.19 bits per heavy atom. The number of aromatic hydroxyl groups is 1. The van der Waals surface area contributed by atoms with Crippen LogP contribution in [0.5, 0.6) is 17.2 Å². The van der Waals surface area contributed by atoms with Crippen LogP contribution in [0.4, 0.5) is 0 Å². The summed E-state index contributed by atoms with van der Waals surface area (Å²) in [6.45, 7) is 3.24. The number of ether oxygens (including phenoxy) is 2. The Morgan fingerprint density at radius 2 is 1.97 bits per heavy atom. The van der Waals surface area contributed by atoms with Gasteiger partial charge in [-0.25, -0.2) is 4.99 Å². The first-order chi connectivity index (χ1) is 15.3. The molecule has 0 bridgehead atoms. The van der Waals surface area contributed by atoms with Gasteiger partial charge >= 0.3 is 0 Å². The Bertz CT molecular complexity index is 1430. The number of carbonyl (C=O) groups excluding carboxylic acids is 1. The largest absolute Gasteiger partial charge is 0.508 e. The number of methoxy groups -OCH3 is 2. The van der Waals surface area contributed by atoms with E-state index >= 15 is 0 Å². The molecule has 32 heavy (non-hydrogen) atoms. The summed E-state index contributed by atoms with van der Waals surface area (Å²) in [5.74, 6) is 1.05. The molecule has 1 aromatic heterocycles. The lowest BCUT2D eigenvalue weighted by Gasteiger charge is -2.26. The number of rotatable bonds is 5. The molecule has 0 amide bonds. The number of carbonyl (C=O) groups is 1. The molecule has 0 saturated heterocycles. The highest BCUT2D eigenvalue weighted by Crippen LogP contribution is 2.37. The van der Waals surface area contributed by atoms with Gasteiger partial charge in [0.05, 0.1) is 24.8 Å². The number of Topliss-reactive ketones (excluding diaryl/α,β-unsaturated/α-hetero) is 1. The van der Waals surface area contributed by atoms with E-state index in [4.69, 9.17) is 9.47 Å². The monoisotopic (exact) mass is 450 g/mol. The summed E-state index contributed by atoms with van der Waals surface area (Å²) in [6.07, 6.45) is 1.71. The summed E-state index contributed by atoms with van der Waals surface area (Å²) in [4.78, 5) is 31.2. The van der Waals surface area contributed by atoms with Crippen molar-refractivity contribution in [2.75, 3.05) is 14.2 Å². The number of aromatic nitrogens is 1. The number of phenolic OH excluding ortho intramolecular Hbond substituents is 1. The van der Waals surface area contributed by atoms with Gasteiger partial charge in [0, 0.05) is 22.9 Å². The number of hydrogen-bond donors (Lipinski definition) is 1. The normalized spacial score (nSPS) is 15.9. The average Bonchev–Trinajstić information content (AvgIpc) is 3.06. The molecule has 1 aliphatic heterocycles. The molecule has 1 aliphatic rings. The number of phenols is 1. The molecular formula is C24H22N2O5S. The molecule has 0 fully saturated rings. The minimum Gasteiger partial charge on any atom is -0.508 e. The zero-order valence-corrected chi connectivity index (χ0v) is 18.9. The summed E-state index contributed by atoms with van der Waals surface area (Å²) >= 11 is 1.24. The highest BCUT2D eigenvalue weighted by atomic mass is 32.1. The summed E-state index contributed by atoms with van der Waals surface area (Å²) in [6, 6.07) is 11.3. The molecule has 3 aromatic rings. The van der Waals surface area contributed by atoms with Crippen molar-refractivity contribution in [2.24, 2.45) is 4.99 Å². The number of benzene rings is 2. The van der Waals surface area contributed by atoms with Crippen molar-refractivity contribution in [3.63, 3.8) is 0 Å². The third-order valence-electron chi connectivity index (χ3n) is 5.30. The molecule has 0 aliphatic carbocycles. The SMILES string of the molecule is COc1ccc(C2C(C(C)=O)=C(C)N=c3sc(=Cc4cccc(O)c4)c(=O)n32)c(OC)c1. The zero-order chi connectivity index (χ0) is 23.0. The van der Waals surface area contributed by atoms with Gasteiger partial charge in [-0.05, 0) is 49.8 Å². The fraction of sp³-hybridized carbons (Fsp3) is 0.208. The van der Waals surface area contributed by atoms with E-state index in [0.717, 1.165) is 0 Å². The van der Waals surface area contributed by atoms with Crippen molar-refractivity contribution in [3.8, 4) is 17.2 Å². The highest BCUT2D eigenvalue weighted by Gasteiger charge is 2.32. The second kappa shape index (κ2) is 8.47. The molecule has 4 rings (SSSR count). The molecule has 0 saturated carbocycles. The summed E-state index contributed by atoms with van der Waals surface area (Å²) in [5.41, 5.74) is 2.08. The number of thiazole rings is 1. The number of ketones is 1. The Balaban J connectivity index is 2.01. The van der Waals surface area contributed by atoms with Crippen molar-refractivity contribution < 1.29 is 19.4 Å². The van der Waals surface area contributed by atoms with Crippen LogP contribution in [0, 0.1) is 0 Å². The Hall–Kier alpha value is -3.65. The fourth-order valence-electron chi connectivity index (χ4n) is 3.88. The minimum absolute atomic E-state index is 0.113. The first-order valence-corrected chi connectivity index (χ1v) is 10.7. The molecule has 2 aromatic carbocycles.